The first-order valence-electron chi connectivity index (χ1n) is 10.9. The standard InChI is InChI=1S/C23H20BrF6N5O2S/c1-3-11(2)17(18(36)33-21-35-34-19(38-21)12-5-4-6-15(24)7-12)32-20(37)31-16-9-13(22(25,26)27)8-14(10-16)23(28,29)30/h4-11,17H,3H2,1-2H3,(H2,31,32,37)(H,33,35,36)/t11-,17-/m1/s1. The van der Waals surface area contributed by atoms with Crippen LogP contribution in [0.25, 0.3) is 10.6 Å². The number of alkyl halides is 6. The van der Waals surface area contributed by atoms with Gasteiger partial charge in [0.15, 0.2) is 0 Å². The van der Waals surface area contributed by atoms with Crippen molar-refractivity contribution in [1.82, 2.24) is 15.5 Å². The van der Waals surface area contributed by atoms with Gasteiger partial charge in [0.1, 0.15) is 11.0 Å². The van der Waals surface area contributed by atoms with Crippen LogP contribution in [0.2, 0.25) is 0 Å². The van der Waals surface area contributed by atoms with Gasteiger partial charge in [-0.3, -0.25) is 10.1 Å². The molecule has 1 aromatic heterocycles. The number of nitrogens with one attached hydrogen (secondary N) is 3. The number of hydrogen-bond acceptors (Lipinski definition) is 5. The van der Waals surface area contributed by atoms with Crippen molar-refractivity contribution in [2.75, 3.05) is 10.6 Å². The Morgan fingerprint density at radius 2 is 1.61 bits per heavy atom. The number of carbonyl (C=O) groups is 2. The highest BCUT2D eigenvalue weighted by Crippen LogP contribution is 2.37. The van der Waals surface area contributed by atoms with Crippen LogP contribution in [0.1, 0.15) is 31.4 Å². The van der Waals surface area contributed by atoms with E-state index in [0.717, 1.165) is 21.4 Å². The predicted octanol–water partition coefficient (Wildman–Crippen LogP) is 7.18. The molecule has 0 radical (unpaired) electrons. The van der Waals surface area contributed by atoms with E-state index in [9.17, 15) is 35.9 Å². The second kappa shape index (κ2) is 11.7. The molecular weight excluding hydrogens is 604 g/mol. The van der Waals surface area contributed by atoms with Crippen LogP contribution in [0.4, 0.5) is 42.0 Å². The first kappa shape index (κ1) is 29.4. The molecule has 0 aliphatic heterocycles. The summed E-state index contributed by atoms with van der Waals surface area (Å²) < 4.78 is 79.5. The molecule has 0 bridgehead atoms. The smallest absolute Gasteiger partial charge is 0.326 e. The Kier molecular flexibility index (Phi) is 9.02. The molecule has 15 heteroatoms. The largest absolute Gasteiger partial charge is 0.416 e. The van der Waals surface area contributed by atoms with Crippen molar-refractivity contribution in [2.24, 2.45) is 5.92 Å². The molecule has 1 heterocycles. The van der Waals surface area contributed by atoms with E-state index >= 15 is 0 Å². The van der Waals surface area contributed by atoms with Gasteiger partial charge in [-0.2, -0.15) is 26.3 Å². The lowest BCUT2D eigenvalue weighted by Gasteiger charge is -2.23. The summed E-state index contributed by atoms with van der Waals surface area (Å²) >= 11 is 4.42. The van der Waals surface area contributed by atoms with Gasteiger partial charge in [-0.1, -0.05) is 59.7 Å². The van der Waals surface area contributed by atoms with Crippen LogP contribution in [-0.2, 0) is 17.1 Å². The summed E-state index contributed by atoms with van der Waals surface area (Å²) in [5.74, 6) is -1.14. The lowest BCUT2D eigenvalue weighted by molar-refractivity contribution is -0.143. The minimum atomic E-state index is -5.08. The van der Waals surface area contributed by atoms with Gasteiger partial charge in [-0.25, -0.2) is 4.79 Å². The second-order valence-corrected chi connectivity index (χ2v) is 10.1. The number of nitrogens with zero attached hydrogens (tertiary/aromatic N) is 2. The van der Waals surface area contributed by atoms with E-state index in [1.54, 1.807) is 32.0 Å². The van der Waals surface area contributed by atoms with E-state index < -0.39 is 53.1 Å². The predicted molar refractivity (Wildman–Crippen MR) is 134 cm³/mol. The Morgan fingerprint density at radius 3 is 2.16 bits per heavy atom. The zero-order chi connectivity index (χ0) is 28.3. The van der Waals surface area contributed by atoms with Crippen molar-refractivity contribution in [2.45, 2.75) is 38.7 Å². The van der Waals surface area contributed by atoms with E-state index in [1.165, 1.54) is 0 Å². The Hall–Kier alpha value is -3.20. The van der Waals surface area contributed by atoms with Crippen LogP contribution in [0.5, 0.6) is 0 Å². The average molecular weight is 624 g/mol. The Balaban J connectivity index is 1.76. The van der Waals surface area contributed by atoms with E-state index in [2.05, 4.69) is 36.8 Å². The molecule has 38 heavy (non-hydrogen) atoms. The lowest BCUT2D eigenvalue weighted by Crippen LogP contribution is -2.49. The molecular formula is C23H20BrF6N5O2S. The summed E-state index contributed by atoms with van der Waals surface area (Å²) in [6, 6.07) is 5.56. The molecule has 3 N–H and O–H groups in total. The number of amides is 3. The molecule has 2 atom stereocenters. The summed E-state index contributed by atoms with van der Waals surface area (Å²) in [6.07, 6.45) is -9.74. The van der Waals surface area contributed by atoms with Crippen molar-refractivity contribution in [3.8, 4) is 10.6 Å². The summed E-state index contributed by atoms with van der Waals surface area (Å²) in [4.78, 5) is 25.5. The van der Waals surface area contributed by atoms with E-state index in [0.29, 0.717) is 23.6 Å². The van der Waals surface area contributed by atoms with Crippen LogP contribution in [-0.4, -0.2) is 28.2 Å². The minimum absolute atomic E-state index is 0.0526. The molecule has 0 aliphatic carbocycles. The second-order valence-electron chi connectivity index (χ2n) is 8.17. The van der Waals surface area contributed by atoms with Gasteiger partial charge in [0, 0.05) is 15.7 Å². The fourth-order valence-corrected chi connectivity index (χ4v) is 4.37. The Labute approximate surface area is 225 Å². The van der Waals surface area contributed by atoms with Crippen LogP contribution < -0.4 is 16.0 Å². The van der Waals surface area contributed by atoms with Crippen molar-refractivity contribution < 1.29 is 35.9 Å². The van der Waals surface area contributed by atoms with E-state index in [4.69, 9.17) is 0 Å². The highest BCUT2D eigenvalue weighted by atomic mass is 79.9. The highest BCUT2D eigenvalue weighted by molar-refractivity contribution is 9.10. The summed E-state index contributed by atoms with van der Waals surface area (Å²) in [6.45, 7) is 3.38. The third kappa shape index (κ3) is 7.66. The van der Waals surface area contributed by atoms with Crippen molar-refractivity contribution in [3.05, 3.63) is 58.1 Å². The molecule has 3 amide bonds. The van der Waals surface area contributed by atoms with Gasteiger partial charge < -0.3 is 10.6 Å². The third-order valence-electron chi connectivity index (χ3n) is 5.35. The van der Waals surface area contributed by atoms with Crippen LogP contribution in [0, 0.1) is 5.92 Å². The first-order valence-corrected chi connectivity index (χ1v) is 12.6. The zero-order valence-electron chi connectivity index (χ0n) is 19.7. The van der Waals surface area contributed by atoms with Crippen molar-refractivity contribution in [1.29, 1.82) is 0 Å². The lowest BCUT2D eigenvalue weighted by atomic mass is 9.98. The van der Waals surface area contributed by atoms with Crippen molar-refractivity contribution in [3.63, 3.8) is 0 Å². The van der Waals surface area contributed by atoms with Crippen LogP contribution >= 0.6 is 27.3 Å². The molecule has 0 saturated carbocycles. The quantitative estimate of drug-likeness (QED) is 0.243. The number of benzene rings is 2. The summed E-state index contributed by atoms with van der Waals surface area (Å²) in [5, 5.41) is 15.4. The molecule has 2 aromatic carbocycles. The molecule has 3 rings (SSSR count). The summed E-state index contributed by atoms with van der Waals surface area (Å²) in [5.41, 5.74) is -3.17. The van der Waals surface area contributed by atoms with Gasteiger partial charge in [-0.15, -0.1) is 10.2 Å². The van der Waals surface area contributed by atoms with Crippen molar-refractivity contribution >= 4 is 50.0 Å². The number of anilines is 2. The third-order valence-corrected chi connectivity index (χ3v) is 6.74. The summed E-state index contributed by atoms with van der Waals surface area (Å²) in [7, 11) is 0. The van der Waals surface area contributed by atoms with Gasteiger partial charge in [-0.05, 0) is 36.2 Å². The molecule has 0 spiro atoms. The topological polar surface area (TPSA) is 96.0 Å². The molecule has 0 fully saturated rings. The van der Waals surface area contributed by atoms with E-state index in [1.807, 2.05) is 11.4 Å². The zero-order valence-corrected chi connectivity index (χ0v) is 22.1. The van der Waals surface area contributed by atoms with Gasteiger partial charge >= 0.3 is 18.4 Å². The minimum Gasteiger partial charge on any atom is -0.326 e. The molecule has 3 aromatic rings. The number of carbonyl (C=O) groups excluding carboxylic acids is 2. The number of halogens is 7. The SMILES string of the molecule is CC[C@@H](C)[C@@H](NC(=O)Nc1cc(C(F)(F)F)cc(C(F)(F)F)c1)C(=O)Nc1nnc(-c2cccc(Br)c2)s1. The Morgan fingerprint density at radius 1 is 0.974 bits per heavy atom. The molecule has 0 unspecified atom stereocenters. The maximum Gasteiger partial charge on any atom is 0.416 e. The normalized spacial score (nSPS) is 13.5. The maximum absolute atomic E-state index is 13.1. The van der Waals surface area contributed by atoms with Gasteiger partial charge in [0.2, 0.25) is 11.0 Å². The Bertz CT molecular complexity index is 1280. The van der Waals surface area contributed by atoms with Crippen LogP contribution in [0.3, 0.4) is 0 Å². The first-order chi connectivity index (χ1) is 17.7. The number of rotatable bonds is 7. The number of urea groups is 1. The fourth-order valence-electron chi connectivity index (χ4n) is 3.23. The monoisotopic (exact) mass is 623 g/mol. The van der Waals surface area contributed by atoms with E-state index in [-0.39, 0.29) is 11.2 Å². The van der Waals surface area contributed by atoms with Crippen LogP contribution in [0.15, 0.2) is 46.9 Å². The maximum atomic E-state index is 13.1. The van der Waals surface area contributed by atoms with Gasteiger partial charge in [0.05, 0.1) is 11.1 Å². The average Bonchev–Trinajstić information content (AvgIpc) is 3.29. The molecule has 0 aliphatic rings. The fraction of sp³-hybridized carbons (Fsp3) is 0.304. The number of hydrogen-bond donors (Lipinski definition) is 3. The highest BCUT2D eigenvalue weighted by Gasteiger charge is 2.37. The molecule has 7 nitrogen and oxygen atoms in total. The number of aromatic nitrogens is 2. The molecule has 0 saturated heterocycles. The van der Waals surface area contributed by atoms with Gasteiger partial charge in [0.25, 0.3) is 0 Å². The molecule has 204 valence electrons.